The maximum atomic E-state index is 10.1. The van der Waals surface area contributed by atoms with E-state index in [4.69, 9.17) is 0 Å². The van der Waals surface area contributed by atoms with Gasteiger partial charge in [-0.05, 0) is 24.7 Å². The number of nitrogens with one attached hydrogen (secondary N) is 1. The van der Waals surface area contributed by atoms with Crippen LogP contribution in [0.2, 0.25) is 0 Å². The first-order chi connectivity index (χ1) is 7.71. The van der Waals surface area contributed by atoms with Crippen LogP contribution in [0.1, 0.15) is 67.2 Å². The van der Waals surface area contributed by atoms with E-state index in [9.17, 15) is 5.11 Å². The van der Waals surface area contributed by atoms with Crippen molar-refractivity contribution in [2.75, 3.05) is 13.1 Å². The zero-order valence-corrected chi connectivity index (χ0v) is 12.8. The lowest BCUT2D eigenvalue weighted by Crippen LogP contribution is -2.44. The number of aliphatic hydroxyl groups is 1. The lowest BCUT2D eigenvalue weighted by atomic mass is 9.86. The van der Waals surface area contributed by atoms with E-state index in [1.165, 1.54) is 25.7 Å². The van der Waals surface area contributed by atoms with Crippen LogP contribution in [-0.4, -0.2) is 23.8 Å². The second-order valence-electron chi connectivity index (χ2n) is 6.74. The normalized spacial score (nSPS) is 16.2. The van der Waals surface area contributed by atoms with Gasteiger partial charge in [0, 0.05) is 13.1 Å². The maximum absolute atomic E-state index is 10.1. The molecule has 0 radical (unpaired) electrons. The van der Waals surface area contributed by atoms with Crippen molar-refractivity contribution in [1.29, 1.82) is 0 Å². The van der Waals surface area contributed by atoms with E-state index in [0.29, 0.717) is 17.9 Å². The number of rotatable bonds is 9. The van der Waals surface area contributed by atoms with Gasteiger partial charge >= 0.3 is 0 Å². The molecular formula is C15H33NO. The van der Waals surface area contributed by atoms with Crippen molar-refractivity contribution in [2.45, 2.75) is 72.8 Å². The molecule has 1 unspecified atom stereocenters. The Bertz CT molecular complexity index is 197. The maximum Gasteiger partial charge on any atom is 0.0766 e. The first-order valence-electron chi connectivity index (χ1n) is 7.14. The summed E-state index contributed by atoms with van der Waals surface area (Å²) in [6, 6.07) is 0. The standard InChI is InChI=1S/C15H33NO/c1-7-8-9-10-14(4,5)11-16-12-15(6,17)13(2)3/h13,16-17H,7-12H2,1-6H3. The smallest absolute Gasteiger partial charge is 0.0766 e. The van der Waals surface area contributed by atoms with Crippen LogP contribution >= 0.6 is 0 Å². The predicted molar refractivity (Wildman–Crippen MR) is 76.3 cm³/mol. The molecule has 2 N–H and O–H groups in total. The molecule has 0 spiro atoms. The highest BCUT2D eigenvalue weighted by atomic mass is 16.3. The Morgan fingerprint density at radius 2 is 1.65 bits per heavy atom. The van der Waals surface area contributed by atoms with Gasteiger partial charge in [-0.25, -0.2) is 0 Å². The van der Waals surface area contributed by atoms with Gasteiger partial charge in [-0.3, -0.25) is 0 Å². The van der Waals surface area contributed by atoms with Crippen molar-refractivity contribution in [3.63, 3.8) is 0 Å². The minimum absolute atomic E-state index is 0.290. The molecule has 1 atom stereocenters. The van der Waals surface area contributed by atoms with Crippen molar-refractivity contribution in [3.8, 4) is 0 Å². The minimum atomic E-state index is -0.598. The van der Waals surface area contributed by atoms with Crippen LogP contribution in [0, 0.1) is 11.3 Å². The fourth-order valence-electron chi connectivity index (χ4n) is 1.80. The molecule has 0 aliphatic heterocycles. The zero-order valence-electron chi connectivity index (χ0n) is 12.8. The van der Waals surface area contributed by atoms with Crippen LogP contribution in [0.4, 0.5) is 0 Å². The fraction of sp³-hybridized carbons (Fsp3) is 1.00. The molecule has 0 rings (SSSR count). The molecule has 17 heavy (non-hydrogen) atoms. The van der Waals surface area contributed by atoms with Crippen molar-refractivity contribution >= 4 is 0 Å². The van der Waals surface area contributed by atoms with Gasteiger partial charge in [0.15, 0.2) is 0 Å². The van der Waals surface area contributed by atoms with Crippen molar-refractivity contribution in [1.82, 2.24) is 5.32 Å². The summed E-state index contributed by atoms with van der Waals surface area (Å²) in [6.45, 7) is 14.6. The van der Waals surface area contributed by atoms with E-state index in [2.05, 4.69) is 39.9 Å². The molecule has 0 aromatic heterocycles. The fourth-order valence-corrected chi connectivity index (χ4v) is 1.80. The molecule has 0 aliphatic carbocycles. The lowest BCUT2D eigenvalue weighted by Gasteiger charge is -2.31. The molecule has 0 heterocycles. The summed E-state index contributed by atoms with van der Waals surface area (Å²) in [6.07, 6.45) is 5.18. The van der Waals surface area contributed by atoms with Crippen molar-refractivity contribution in [2.24, 2.45) is 11.3 Å². The third kappa shape index (κ3) is 7.77. The minimum Gasteiger partial charge on any atom is -0.389 e. The van der Waals surface area contributed by atoms with Gasteiger partial charge in [0.25, 0.3) is 0 Å². The highest BCUT2D eigenvalue weighted by Crippen LogP contribution is 2.23. The van der Waals surface area contributed by atoms with E-state index >= 15 is 0 Å². The van der Waals surface area contributed by atoms with Crippen LogP contribution in [0.3, 0.4) is 0 Å². The average molecular weight is 243 g/mol. The van der Waals surface area contributed by atoms with Gasteiger partial charge in [-0.15, -0.1) is 0 Å². The van der Waals surface area contributed by atoms with Gasteiger partial charge in [-0.1, -0.05) is 53.9 Å². The third-order valence-corrected chi connectivity index (χ3v) is 3.79. The summed E-state index contributed by atoms with van der Waals surface area (Å²) in [5.74, 6) is 0.290. The Hall–Kier alpha value is -0.0800. The van der Waals surface area contributed by atoms with Gasteiger partial charge in [0.05, 0.1) is 5.60 Å². The Kier molecular flexibility index (Phi) is 7.34. The molecule has 0 amide bonds. The third-order valence-electron chi connectivity index (χ3n) is 3.79. The molecule has 0 fully saturated rings. The summed E-state index contributed by atoms with van der Waals surface area (Å²) in [4.78, 5) is 0. The molecule has 0 aliphatic rings. The van der Waals surface area contributed by atoms with Crippen LogP contribution in [0.5, 0.6) is 0 Å². The summed E-state index contributed by atoms with van der Waals surface area (Å²) in [5, 5.41) is 13.6. The van der Waals surface area contributed by atoms with E-state index in [1.54, 1.807) is 0 Å². The molecule has 0 aromatic rings. The van der Waals surface area contributed by atoms with Gasteiger partial charge < -0.3 is 10.4 Å². The summed E-state index contributed by atoms with van der Waals surface area (Å²) in [5.41, 5.74) is -0.262. The van der Waals surface area contributed by atoms with Gasteiger partial charge in [-0.2, -0.15) is 0 Å². The second-order valence-corrected chi connectivity index (χ2v) is 6.74. The Balaban J connectivity index is 3.86. The lowest BCUT2D eigenvalue weighted by molar-refractivity contribution is 0.0123. The molecule has 0 bridgehead atoms. The van der Waals surface area contributed by atoms with Crippen LogP contribution < -0.4 is 5.32 Å². The second kappa shape index (κ2) is 7.38. The highest BCUT2D eigenvalue weighted by molar-refractivity contribution is 4.81. The van der Waals surface area contributed by atoms with Crippen molar-refractivity contribution in [3.05, 3.63) is 0 Å². The van der Waals surface area contributed by atoms with E-state index in [0.717, 1.165) is 6.54 Å². The molecule has 0 saturated heterocycles. The monoisotopic (exact) mass is 243 g/mol. The van der Waals surface area contributed by atoms with E-state index in [-0.39, 0.29) is 0 Å². The molecule has 104 valence electrons. The first-order valence-corrected chi connectivity index (χ1v) is 7.14. The van der Waals surface area contributed by atoms with E-state index < -0.39 is 5.60 Å². The van der Waals surface area contributed by atoms with Crippen LogP contribution in [0.15, 0.2) is 0 Å². The Morgan fingerprint density at radius 1 is 1.06 bits per heavy atom. The Labute approximate surface area is 108 Å². The summed E-state index contributed by atoms with van der Waals surface area (Å²) >= 11 is 0. The summed E-state index contributed by atoms with van der Waals surface area (Å²) < 4.78 is 0. The molecule has 2 heteroatoms. The topological polar surface area (TPSA) is 32.3 Å². The molecule has 0 saturated carbocycles. The number of unbranched alkanes of at least 4 members (excludes halogenated alkanes) is 2. The van der Waals surface area contributed by atoms with Crippen LogP contribution in [0.25, 0.3) is 0 Å². The molecule has 0 aromatic carbocycles. The molecular weight excluding hydrogens is 210 g/mol. The van der Waals surface area contributed by atoms with Crippen molar-refractivity contribution < 1.29 is 5.11 Å². The quantitative estimate of drug-likeness (QED) is 0.607. The zero-order chi connectivity index (χ0) is 13.5. The predicted octanol–water partition coefficient (Wildman–Crippen LogP) is 3.59. The largest absolute Gasteiger partial charge is 0.389 e. The van der Waals surface area contributed by atoms with Gasteiger partial charge in [0.2, 0.25) is 0 Å². The SMILES string of the molecule is CCCCCC(C)(C)CNCC(C)(O)C(C)C. The molecule has 2 nitrogen and oxygen atoms in total. The van der Waals surface area contributed by atoms with Gasteiger partial charge in [0.1, 0.15) is 0 Å². The highest BCUT2D eigenvalue weighted by Gasteiger charge is 2.25. The Morgan fingerprint density at radius 3 is 2.12 bits per heavy atom. The van der Waals surface area contributed by atoms with Crippen LogP contribution in [-0.2, 0) is 0 Å². The summed E-state index contributed by atoms with van der Waals surface area (Å²) in [7, 11) is 0. The first kappa shape index (κ1) is 16.9. The number of hydrogen-bond acceptors (Lipinski definition) is 2. The van der Waals surface area contributed by atoms with E-state index in [1.807, 2.05) is 6.92 Å². The number of hydrogen-bond donors (Lipinski definition) is 2. The average Bonchev–Trinajstić information content (AvgIpc) is 2.16.